The Balaban J connectivity index is 1.91. The summed E-state index contributed by atoms with van der Waals surface area (Å²) < 4.78 is 39.8. The monoisotopic (exact) mass is 436 g/mol. The Labute approximate surface area is 177 Å². The minimum absolute atomic E-state index is 0.0215. The Kier molecular flexibility index (Phi) is 6.19. The number of rotatable bonds is 7. The molecule has 31 heavy (non-hydrogen) atoms. The summed E-state index contributed by atoms with van der Waals surface area (Å²) >= 11 is 0. The number of nitrogens with zero attached hydrogens (tertiary/aromatic N) is 3. The Hall–Kier alpha value is -3.17. The van der Waals surface area contributed by atoms with E-state index in [0.29, 0.717) is 13.0 Å². The van der Waals surface area contributed by atoms with Crippen LogP contribution in [0.1, 0.15) is 36.5 Å². The molecule has 0 saturated carbocycles. The van der Waals surface area contributed by atoms with Crippen LogP contribution in [0.15, 0.2) is 36.7 Å². The number of aromatic amines is 1. The average molecular weight is 436 g/mol. The number of alkyl halides is 3. The molecule has 0 aliphatic carbocycles. The Bertz CT molecular complexity index is 974. The predicted octanol–water partition coefficient (Wildman–Crippen LogP) is 2.54. The Morgan fingerprint density at radius 3 is 2.65 bits per heavy atom. The van der Waals surface area contributed by atoms with E-state index in [2.05, 4.69) is 10.2 Å². The molecule has 1 aromatic carbocycles. The van der Waals surface area contributed by atoms with Crippen molar-refractivity contribution in [3.63, 3.8) is 0 Å². The number of aromatic nitrogens is 2. The first-order chi connectivity index (χ1) is 14.6. The van der Waals surface area contributed by atoms with Crippen molar-refractivity contribution >= 4 is 17.7 Å². The first-order valence-electron chi connectivity index (χ1n) is 9.82. The lowest BCUT2D eigenvalue weighted by molar-refractivity contribution is -0.142. The number of carbonyl (C=O) groups excluding carboxylic acids is 3. The van der Waals surface area contributed by atoms with Gasteiger partial charge in [0.1, 0.15) is 0 Å². The van der Waals surface area contributed by atoms with Gasteiger partial charge in [-0.1, -0.05) is 18.2 Å². The molecule has 1 unspecified atom stereocenters. The van der Waals surface area contributed by atoms with Crippen LogP contribution in [0.2, 0.25) is 0 Å². The fourth-order valence-electron chi connectivity index (χ4n) is 3.81. The summed E-state index contributed by atoms with van der Waals surface area (Å²) in [6.07, 6.45) is -1.51. The van der Waals surface area contributed by atoms with Crippen molar-refractivity contribution in [1.82, 2.24) is 20.0 Å². The van der Waals surface area contributed by atoms with Gasteiger partial charge in [-0.25, -0.2) is 0 Å². The SMILES string of the molecule is CCN1C(=O)CC(CC(=O)N(C)CCc2cn[nH]c2)(c2cccc(C(F)(F)F)c2)C1=O. The molecule has 1 fully saturated rings. The van der Waals surface area contributed by atoms with Crippen LogP contribution in [0.25, 0.3) is 0 Å². The van der Waals surface area contributed by atoms with Crippen molar-refractivity contribution in [2.45, 2.75) is 37.8 Å². The van der Waals surface area contributed by atoms with Crippen molar-refractivity contribution < 1.29 is 27.6 Å². The molecular formula is C21H23F3N4O3. The number of likely N-dealkylation sites (N-methyl/N-ethyl adjacent to an activating group) is 2. The van der Waals surface area contributed by atoms with Gasteiger partial charge in [-0.2, -0.15) is 18.3 Å². The third-order valence-electron chi connectivity index (χ3n) is 5.64. The van der Waals surface area contributed by atoms with E-state index < -0.39 is 41.3 Å². The quantitative estimate of drug-likeness (QED) is 0.676. The van der Waals surface area contributed by atoms with E-state index in [0.717, 1.165) is 22.6 Å². The van der Waals surface area contributed by atoms with Crippen molar-refractivity contribution in [2.24, 2.45) is 0 Å². The number of halogens is 3. The zero-order valence-corrected chi connectivity index (χ0v) is 17.2. The summed E-state index contributed by atoms with van der Waals surface area (Å²) in [6.45, 7) is 2.02. The van der Waals surface area contributed by atoms with Gasteiger partial charge in [0.15, 0.2) is 0 Å². The number of likely N-dealkylation sites (tertiary alicyclic amines) is 1. The first kappa shape index (κ1) is 22.5. The number of H-pyrrole nitrogens is 1. The number of amides is 3. The molecule has 1 aliphatic rings. The summed E-state index contributed by atoms with van der Waals surface area (Å²) in [4.78, 5) is 41.0. The lowest BCUT2D eigenvalue weighted by Crippen LogP contribution is -2.43. The van der Waals surface area contributed by atoms with E-state index in [1.165, 1.54) is 17.0 Å². The number of benzene rings is 1. The maximum absolute atomic E-state index is 13.3. The second kappa shape index (κ2) is 8.52. The van der Waals surface area contributed by atoms with E-state index in [9.17, 15) is 27.6 Å². The van der Waals surface area contributed by atoms with Crippen molar-refractivity contribution in [2.75, 3.05) is 20.1 Å². The molecule has 1 aliphatic heterocycles. The molecular weight excluding hydrogens is 413 g/mol. The summed E-state index contributed by atoms with van der Waals surface area (Å²) in [5.74, 6) is -1.57. The smallest absolute Gasteiger partial charge is 0.345 e. The van der Waals surface area contributed by atoms with Gasteiger partial charge in [-0.15, -0.1) is 0 Å². The average Bonchev–Trinajstić information content (AvgIpc) is 3.32. The van der Waals surface area contributed by atoms with E-state index in [1.54, 1.807) is 26.4 Å². The molecule has 0 bridgehead atoms. The summed E-state index contributed by atoms with van der Waals surface area (Å²) in [5, 5.41) is 6.51. The highest BCUT2D eigenvalue weighted by Gasteiger charge is 2.54. The molecule has 10 heteroatoms. The third kappa shape index (κ3) is 4.47. The lowest BCUT2D eigenvalue weighted by atomic mass is 9.75. The fraction of sp³-hybridized carbons (Fsp3) is 0.429. The Morgan fingerprint density at radius 2 is 2.06 bits per heavy atom. The van der Waals surface area contributed by atoms with Crippen LogP contribution in [0.5, 0.6) is 0 Å². The number of hydrogen-bond donors (Lipinski definition) is 1. The van der Waals surface area contributed by atoms with Crippen LogP contribution in [-0.4, -0.2) is 57.9 Å². The predicted molar refractivity (Wildman–Crippen MR) is 105 cm³/mol. The largest absolute Gasteiger partial charge is 0.416 e. The van der Waals surface area contributed by atoms with Gasteiger partial charge < -0.3 is 4.90 Å². The third-order valence-corrected chi connectivity index (χ3v) is 5.64. The van der Waals surface area contributed by atoms with Gasteiger partial charge in [0, 0.05) is 39.2 Å². The topological polar surface area (TPSA) is 86.4 Å². The molecule has 1 N–H and O–H groups in total. The van der Waals surface area contributed by atoms with Crippen LogP contribution < -0.4 is 0 Å². The van der Waals surface area contributed by atoms with Crippen molar-refractivity contribution in [1.29, 1.82) is 0 Å². The van der Waals surface area contributed by atoms with Gasteiger partial charge in [0.25, 0.3) is 0 Å². The highest BCUT2D eigenvalue weighted by Crippen LogP contribution is 2.42. The van der Waals surface area contributed by atoms with Crippen LogP contribution in [0.4, 0.5) is 13.2 Å². The van der Waals surface area contributed by atoms with Gasteiger partial charge in [-0.3, -0.25) is 24.4 Å². The molecule has 0 spiro atoms. The number of imide groups is 1. The second-order valence-corrected chi connectivity index (χ2v) is 7.63. The zero-order chi connectivity index (χ0) is 22.8. The Morgan fingerprint density at radius 1 is 1.32 bits per heavy atom. The van der Waals surface area contributed by atoms with E-state index in [1.807, 2.05) is 0 Å². The minimum Gasteiger partial charge on any atom is -0.345 e. The second-order valence-electron chi connectivity index (χ2n) is 7.63. The van der Waals surface area contributed by atoms with Crippen LogP contribution in [-0.2, 0) is 32.4 Å². The molecule has 3 amide bonds. The van der Waals surface area contributed by atoms with Crippen LogP contribution >= 0.6 is 0 Å². The zero-order valence-electron chi connectivity index (χ0n) is 17.2. The standard InChI is InChI=1S/C21H23F3N4O3/c1-3-28-18(30)11-20(19(28)31,15-5-4-6-16(9-15)21(22,23)24)10-17(29)27(2)8-7-14-12-25-26-13-14/h4-6,9,12-13H,3,7-8,10-11H2,1-2H3,(H,25,26). The lowest BCUT2D eigenvalue weighted by Gasteiger charge is -2.29. The van der Waals surface area contributed by atoms with Gasteiger partial charge in [-0.05, 0) is 30.5 Å². The van der Waals surface area contributed by atoms with Gasteiger partial charge in [0.2, 0.25) is 17.7 Å². The van der Waals surface area contributed by atoms with E-state index >= 15 is 0 Å². The molecule has 1 atom stereocenters. The molecule has 166 valence electrons. The van der Waals surface area contributed by atoms with Crippen molar-refractivity contribution in [3.05, 3.63) is 53.3 Å². The maximum Gasteiger partial charge on any atom is 0.416 e. The molecule has 1 aromatic heterocycles. The highest BCUT2D eigenvalue weighted by molar-refractivity contribution is 6.10. The number of nitrogens with one attached hydrogen (secondary N) is 1. The molecule has 1 saturated heterocycles. The minimum atomic E-state index is -4.61. The number of hydrogen-bond acceptors (Lipinski definition) is 4. The molecule has 3 rings (SSSR count). The number of carbonyl (C=O) groups is 3. The van der Waals surface area contributed by atoms with E-state index in [4.69, 9.17) is 0 Å². The molecule has 7 nitrogen and oxygen atoms in total. The van der Waals surface area contributed by atoms with Crippen LogP contribution in [0, 0.1) is 0 Å². The normalized spacial score (nSPS) is 19.2. The van der Waals surface area contributed by atoms with Gasteiger partial charge in [0.05, 0.1) is 17.2 Å². The molecule has 0 radical (unpaired) electrons. The maximum atomic E-state index is 13.3. The van der Waals surface area contributed by atoms with Crippen molar-refractivity contribution in [3.8, 4) is 0 Å². The van der Waals surface area contributed by atoms with Crippen LogP contribution in [0.3, 0.4) is 0 Å². The molecule has 2 aromatic rings. The summed E-state index contributed by atoms with van der Waals surface area (Å²) in [5.41, 5.74) is -1.68. The highest BCUT2D eigenvalue weighted by atomic mass is 19.4. The summed E-state index contributed by atoms with van der Waals surface area (Å²) in [7, 11) is 1.56. The fourth-order valence-corrected chi connectivity index (χ4v) is 3.81. The van der Waals surface area contributed by atoms with Gasteiger partial charge >= 0.3 is 6.18 Å². The first-order valence-corrected chi connectivity index (χ1v) is 9.82. The van der Waals surface area contributed by atoms with E-state index in [-0.39, 0.29) is 18.5 Å². The summed E-state index contributed by atoms with van der Waals surface area (Å²) in [6, 6.07) is 4.33. The molecule has 2 heterocycles.